The van der Waals surface area contributed by atoms with E-state index in [4.69, 9.17) is 5.21 Å². The van der Waals surface area contributed by atoms with Gasteiger partial charge in [-0.1, -0.05) is 31.4 Å². The lowest BCUT2D eigenvalue weighted by Crippen LogP contribution is -2.35. The number of hydroxylamine groups is 1. The van der Waals surface area contributed by atoms with Gasteiger partial charge in [-0.2, -0.15) is 5.48 Å². The van der Waals surface area contributed by atoms with Crippen molar-refractivity contribution >= 4 is 0 Å². The number of aliphatic hydroxyl groups is 1. The molecular weight excluding hydrogens is 154 g/mol. The zero-order chi connectivity index (χ0) is 9.56. The monoisotopic (exact) mass is 171 g/mol. The third-order valence-corrected chi connectivity index (χ3v) is 1.56. The van der Waals surface area contributed by atoms with E-state index in [9.17, 15) is 5.11 Å². The van der Waals surface area contributed by atoms with Crippen LogP contribution in [0.25, 0.3) is 0 Å². The smallest absolute Gasteiger partial charge is 0.0962 e. The molecule has 0 radical (unpaired) electrons. The van der Waals surface area contributed by atoms with E-state index in [0.29, 0.717) is 5.57 Å². The fraction of sp³-hybridized carbons (Fsp3) is 0.333. The van der Waals surface area contributed by atoms with Crippen molar-refractivity contribution in [1.29, 1.82) is 0 Å². The highest BCUT2D eigenvalue weighted by atomic mass is 16.5. The van der Waals surface area contributed by atoms with Gasteiger partial charge in [-0.05, 0) is 12.5 Å². The molecular formula is C9H17NO2. The van der Waals surface area contributed by atoms with Crippen molar-refractivity contribution in [2.24, 2.45) is 0 Å². The molecule has 0 saturated carbocycles. The van der Waals surface area contributed by atoms with Gasteiger partial charge in [0.15, 0.2) is 0 Å². The molecule has 0 aromatic carbocycles. The van der Waals surface area contributed by atoms with Crippen LogP contribution in [-0.4, -0.2) is 22.5 Å². The van der Waals surface area contributed by atoms with E-state index < -0.39 is 12.1 Å². The van der Waals surface area contributed by atoms with Crippen LogP contribution in [0.2, 0.25) is 0 Å². The van der Waals surface area contributed by atoms with Crippen molar-refractivity contribution in [2.75, 3.05) is 0 Å². The number of aliphatic hydroxyl groups excluding tert-OH is 1. The molecule has 70 valence electrons. The highest BCUT2D eigenvalue weighted by Gasteiger charge is 2.14. The first-order valence-electron chi connectivity index (χ1n) is 3.70. The SMILES string of the molecule is C=C/C=C(\C=C)[C@H](O)[C@@H](C)NO.[HH]. The summed E-state index contributed by atoms with van der Waals surface area (Å²) in [6.07, 6.45) is 3.96. The first kappa shape index (κ1) is 11.1. The highest BCUT2D eigenvalue weighted by molar-refractivity contribution is 5.26. The molecule has 0 bridgehead atoms. The van der Waals surface area contributed by atoms with Gasteiger partial charge in [0.05, 0.1) is 12.1 Å². The molecule has 0 heterocycles. The second-order valence-corrected chi connectivity index (χ2v) is 2.47. The molecule has 0 aromatic rings. The summed E-state index contributed by atoms with van der Waals surface area (Å²) in [6.45, 7) is 8.69. The summed E-state index contributed by atoms with van der Waals surface area (Å²) in [6, 6.07) is -0.422. The van der Waals surface area contributed by atoms with Crippen LogP contribution in [0.1, 0.15) is 8.35 Å². The zero-order valence-corrected chi connectivity index (χ0v) is 7.20. The summed E-state index contributed by atoms with van der Waals surface area (Å²) in [4.78, 5) is 0. The average Bonchev–Trinajstić information content (AvgIpc) is 2.11. The molecule has 3 heteroatoms. The Bertz CT molecular complexity index is 192. The van der Waals surface area contributed by atoms with Crippen LogP contribution in [0.15, 0.2) is 37.0 Å². The summed E-state index contributed by atoms with van der Waals surface area (Å²) >= 11 is 0. The fourth-order valence-electron chi connectivity index (χ4n) is 0.783. The number of hydrogen-bond acceptors (Lipinski definition) is 3. The third kappa shape index (κ3) is 3.00. The lowest BCUT2D eigenvalue weighted by atomic mass is 10.0. The second kappa shape index (κ2) is 5.71. The fourth-order valence-corrected chi connectivity index (χ4v) is 0.783. The Morgan fingerprint density at radius 2 is 2.17 bits per heavy atom. The van der Waals surface area contributed by atoms with Gasteiger partial charge in [0.1, 0.15) is 0 Å². The zero-order valence-electron chi connectivity index (χ0n) is 7.20. The topological polar surface area (TPSA) is 52.5 Å². The molecule has 0 fully saturated rings. The standard InChI is InChI=1S/C9H15NO2.H2/c1-4-6-8(5-2)9(11)7(3)10-12;/h4-7,9-12H,1-2H2,3H3;1H/b8-6+;/t7-,9-;/m1./s1. The van der Waals surface area contributed by atoms with Crippen LogP contribution in [0.5, 0.6) is 0 Å². The summed E-state index contributed by atoms with van der Waals surface area (Å²) in [5, 5.41) is 18.0. The van der Waals surface area contributed by atoms with Crippen molar-refractivity contribution in [3.63, 3.8) is 0 Å². The van der Waals surface area contributed by atoms with E-state index >= 15 is 0 Å². The maximum Gasteiger partial charge on any atom is 0.0962 e. The minimum Gasteiger partial charge on any atom is -0.387 e. The molecule has 0 aliphatic rings. The van der Waals surface area contributed by atoms with E-state index in [-0.39, 0.29) is 1.43 Å². The Balaban J connectivity index is 0. The molecule has 0 amide bonds. The van der Waals surface area contributed by atoms with Gasteiger partial charge in [0.25, 0.3) is 0 Å². The van der Waals surface area contributed by atoms with E-state index in [1.54, 1.807) is 19.1 Å². The molecule has 0 spiro atoms. The first-order chi connectivity index (χ1) is 5.67. The van der Waals surface area contributed by atoms with Gasteiger partial charge < -0.3 is 10.3 Å². The molecule has 3 N–H and O–H groups in total. The Morgan fingerprint density at radius 1 is 1.58 bits per heavy atom. The van der Waals surface area contributed by atoms with Gasteiger partial charge >= 0.3 is 0 Å². The summed E-state index contributed by atoms with van der Waals surface area (Å²) in [5.74, 6) is 0. The Morgan fingerprint density at radius 3 is 2.50 bits per heavy atom. The van der Waals surface area contributed by atoms with Crippen molar-refractivity contribution in [3.8, 4) is 0 Å². The Kier molecular flexibility index (Phi) is 5.28. The normalized spacial score (nSPS) is 16.8. The van der Waals surface area contributed by atoms with Crippen molar-refractivity contribution in [3.05, 3.63) is 37.0 Å². The largest absolute Gasteiger partial charge is 0.387 e. The van der Waals surface area contributed by atoms with Gasteiger partial charge in [-0.3, -0.25) is 0 Å². The number of hydrogen-bond donors (Lipinski definition) is 3. The number of rotatable bonds is 5. The molecule has 3 nitrogen and oxygen atoms in total. The van der Waals surface area contributed by atoms with E-state index in [0.717, 1.165) is 0 Å². The third-order valence-electron chi connectivity index (χ3n) is 1.56. The van der Waals surface area contributed by atoms with Crippen molar-refractivity contribution in [2.45, 2.75) is 19.1 Å². The molecule has 0 aliphatic heterocycles. The molecule has 0 saturated heterocycles. The first-order valence-corrected chi connectivity index (χ1v) is 3.70. The van der Waals surface area contributed by atoms with Gasteiger partial charge in [-0.15, -0.1) is 0 Å². The highest BCUT2D eigenvalue weighted by Crippen LogP contribution is 2.07. The molecule has 0 aliphatic carbocycles. The summed E-state index contributed by atoms with van der Waals surface area (Å²) in [5.41, 5.74) is 2.59. The minimum atomic E-state index is -0.773. The summed E-state index contributed by atoms with van der Waals surface area (Å²) in [7, 11) is 0. The lowest BCUT2D eigenvalue weighted by Gasteiger charge is -2.17. The molecule has 0 unspecified atom stereocenters. The lowest BCUT2D eigenvalue weighted by molar-refractivity contribution is 0.0662. The number of nitrogens with one attached hydrogen (secondary N) is 1. The van der Waals surface area contributed by atoms with Crippen LogP contribution in [0.4, 0.5) is 0 Å². The van der Waals surface area contributed by atoms with E-state index in [2.05, 4.69) is 13.2 Å². The van der Waals surface area contributed by atoms with Crippen LogP contribution in [0, 0.1) is 0 Å². The van der Waals surface area contributed by atoms with Crippen LogP contribution < -0.4 is 5.48 Å². The van der Waals surface area contributed by atoms with Gasteiger partial charge in [0, 0.05) is 1.43 Å². The van der Waals surface area contributed by atoms with E-state index in [1.807, 2.05) is 5.48 Å². The maximum atomic E-state index is 9.50. The average molecular weight is 171 g/mol. The predicted octanol–water partition coefficient (Wildman–Crippen LogP) is 1.26. The molecule has 12 heavy (non-hydrogen) atoms. The van der Waals surface area contributed by atoms with Gasteiger partial charge in [0.2, 0.25) is 0 Å². The van der Waals surface area contributed by atoms with Crippen LogP contribution >= 0.6 is 0 Å². The van der Waals surface area contributed by atoms with Crippen LogP contribution in [0.3, 0.4) is 0 Å². The maximum absolute atomic E-state index is 9.50. The molecule has 0 rings (SSSR count). The Labute approximate surface area is 74.2 Å². The molecule has 0 aromatic heterocycles. The van der Waals surface area contributed by atoms with Crippen molar-refractivity contribution < 1.29 is 11.7 Å². The minimum absolute atomic E-state index is 0. The Hall–Kier alpha value is -0.900. The summed E-state index contributed by atoms with van der Waals surface area (Å²) < 4.78 is 0. The second-order valence-electron chi connectivity index (χ2n) is 2.47. The van der Waals surface area contributed by atoms with Gasteiger partial charge in [-0.25, -0.2) is 0 Å². The molecule has 2 atom stereocenters. The van der Waals surface area contributed by atoms with Crippen LogP contribution in [-0.2, 0) is 0 Å². The quantitative estimate of drug-likeness (QED) is 0.431. The van der Waals surface area contributed by atoms with E-state index in [1.165, 1.54) is 6.08 Å². The van der Waals surface area contributed by atoms with Crippen molar-refractivity contribution in [1.82, 2.24) is 5.48 Å². The number of allylic oxidation sites excluding steroid dienone is 2. The predicted molar refractivity (Wildman–Crippen MR) is 51.0 cm³/mol.